The van der Waals surface area contributed by atoms with Gasteiger partial charge in [-0.3, -0.25) is 19.2 Å². The molecule has 8 rings (SSSR count). The number of ketones is 2. The number of carbonyl (C=O) groups excluding carboxylic acids is 2. The first kappa shape index (κ1) is 37.9. The van der Waals surface area contributed by atoms with Crippen LogP contribution in [0.15, 0.2) is 48.8 Å². The molecule has 8 N–H and O–H groups in total. The SMILES string of the molecule is CC(=O)c1c(C)c(C2Oc3cc(O)c(O)c(C(=O)O)c3C(=O)C2Cc2c(C)oc3c(c2=O)COc2cc(O)c(O)c(C(=O)O)c2-3)cc2c(=O)c3cc(O)c(O)cc3oc12. The number of aryl methyl sites for hydroxylation is 1. The third-order valence-electron chi connectivity index (χ3n) is 10.7. The van der Waals surface area contributed by atoms with Crippen LogP contribution in [-0.4, -0.2) is 64.4 Å². The summed E-state index contributed by atoms with van der Waals surface area (Å²) in [5.41, 5.74) is -5.41. The van der Waals surface area contributed by atoms with Gasteiger partial charge in [0.2, 0.25) is 5.43 Å². The van der Waals surface area contributed by atoms with E-state index < -0.39 is 116 Å². The molecular weight excluding hydrogens is 780 g/mol. The van der Waals surface area contributed by atoms with Gasteiger partial charge in [0.1, 0.15) is 58.0 Å². The lowest BCUT2D eigenvalue weighted by Gasteiger charge is -2.35. The molecule has 18 nitrogen and oxygen atoms in total. The van der Waals surface area contributed by atoms with Gasteiger partial charge >= 0.3 is 11.9 Å². The number of aromatic hydroxyl groups is 6. The van der Waals surface area contributed by atoms with Crippen molar-refractivity contribution in [2.75, 3.05) is 0 Å². The zero-order valence-corrected chi connectivity index (χ0v) is 30.6. The molecule has 2 aromatic heterocycles. The molecular formula is C41H28O18. The molecule has 59 heavy (non-hydrogen) atoms. The number of carbonyl (C=O) groups is 4. The second-order valence-electron chi connectivity index (χ2n) is 14.0. The summed E-state index contributed by atoms with van der Waals surface area (Å²) < 4.78 is 23.9. The van der Waals surface area contributed by atoms with Crippen LogP contribution in [0.1, 0.15) is 82.5 Å². The van der Waals surface area contributed by atoms with Gasteiger partial charge in [-0.25, -0.2) is 9.59 Å². The molecule has 2 unspecified atom stereocenters. The summed E-state index contributed by atoms with van der Waals surface area (Å²) in [5.74, 6) is -13.3. The standard InChI is InChI=1S/C41H28O18/c1-11-14(4-17-33(48)16-6-20(43)21(44)7-24(16)58-38(17)27(11)12(2)42)37-18(34(49)28-26(59-37)9-23(46)35(50)30(28)40(52)53)5-15-13(3)57-39-19(32(15)47)10-56-25-8-22(45)36(51)31(29(25)39)41(54)55/h4,6-9,18,37,43-46,50-51H,5,10H2,1-3H3,(H,52,53)(H,54,55). The average molecular weight is 809 g/mol. The number of phenols is 6. The van der Waals surface area contributed by atoms with Crippen LogP contribution in [0.5, 0.6) is 46.0 Å². The van der Waals surface area contributed by atoms with Crippen molar-refractivity contribution in [1.82, 2.24) is 0 Å². The van der Waals surface area contributed by atoms with Crippen LogP contribution in [0.4, 0.5) is 0 Å². The third kappa shape index (κ3) is 5.47. The maximum Gasteiger partial charge on any atom is 0.340 e. The molecule has 2 aliphatic heterocycles. The van der Waals surface area contributed by atoms with Gasteiger partial charge in [0.25, 0.3) is 0 Å². The summed E-state index contributed by atoms with van der Waals surface area (Å²) in [4.78, 5) is 81.1. The highest BCUT2D eigenvalue weighted by atomic mass is 16.5. The van der Waals surface area contributed by atoms with Gasteiger partial charge < -0.3 is 59.2 Å². The number of ether oxygens (including phenoxy) is 2. The van der Waals surface area contributed by atoms with Gasteiger partial charge in [0.05, 0.1) is 38.9 Å². The van der Waals surface area contributed by atoms with Gasteiger partial charge in [0, 0.05) is 23.8 Å². The van der Waals surface area contributed by atoms with Gasteiger partial charge in [-0.2, -0.15) is 0 Å². The Labute approximate surface area is 327 Å². The van der Waals surface area contributed by atoms with E-state index in [0.29, 0.717) is 0 Å². The first-order valence-electron chi connectivity index (χ1n) is 17.4. The molecule has 0 amide bonds. The molecule has 0 aliphatic carbocycles. The third-order valence-corrected chi connectivity index (χ3v) is 10.7. The van der Waals surface area contributed by atoms with E-state index >= 15 is 0 Å². The van der Waals surface area contributed by atoms with E-state index in [1.165, 1.54) is 26.8 Å². The lowest BCUT2D eigenvalue weighted by Crippen LogP contribution is -2.37. The van der Waals surface area contributed by atoms with Crippen LogP contribution >= 0.6 is 0 Å². The van der Waals surface area contributed by atoms with E-state index in [9.17, 15) is 69.6 Å². The number of carboxylic acid groups (broad SMARTS) is 2. The number of phenolic OH excluding ortho intramolecular Hbond substituents is 4. The maximum atomic E-state index is 14.8. The summed E-state index contributed by atoms with van der Waals surface area (Å²) in [6, 6.07) is 4.94. The number of aromatic carboxylic acids is 2. The van der Waals surface area contributed by atoms with Crippen molar-refractivity contribution in [2.45, 2.75) is 39.9 Å². The van der Waals surface area contributed by atoms with Crippen LogP contribution in [0.25, 0.3) is 33.3 Å². The monoisotopic (exact) mass is 808 g/mol. The molecule has 0 fully saturated rings. The predicted octanol–water partition coefficient (Wildman–Crippen LogP) is 5.08. The van der Waals surface area contributed by atoms with Crippen LogP contribution in [-0.2, 0) is 13.0 Å². The summed E-state index contributed by atoms with van der Waals surface area (Å²) in [6.07, 6.45) is -2.20. The average Bonchev–Trinajstić information content (AvgIpc) is 3.15. The second kappa shape index (κ2) is 13.0. The summed E-state index contributed by atoms with van der Waals surface area (Å²) in [7, 11) is 0. The van der Waals surface area contributed by atoms with E-state index in [2.05, 4.69) is 0 Å². The topological polar surface area (TPSA) is 309 Å². The maximum absolute atomic E-state index is 14.8. The van der Waals surface area contributed by atoms with Gasteiger partial charge in [0.15, 0.2) is 51.5 Å². The Morgan fingerprint density at radius 2 is 1.32 bits per heavy atom. The van der Waals surface area contributed by atoms with Crippen molar-refractivity contribution in [1.29, 1.82) is 0 Å². The highest BCUT2D eigenvalue weighted by molar-refractivity contribution is 6.12. The molecule has 6 aromatic rings. The zero-order chi connectivity index (χ0) is 42.7. The van der Waals surface area contributed by atoms with Crippen molar-refractivity contribution in [3.8, 4) is 57.3 Å². The zero-order valence-electron chi connectivity index (χ0n) is 30.6. The Bertz CT molecular complexity index is 3100. The van der Waals surface area contributed by atoms with E-state index in [0.717, 1.165) is 24.3 Å². The fourth-order valence-electron chi connectivity index (χ4n) is 7.89. The minimum absolute atomic E-state index is 0.00978. The number of carboxylic acids is 2. The van der Waals surface area contributed by atoms with Crippen molar-refractivity contribution < 1.29 is 78.3 Å². The number of hydrogen-bond acceptors (Lipinski definition) is 16. The molecule has 2 atom stereocenters. The van der Waals surface area contributed by atoms with Crippen LogP contribution < -0.4 is 20.3 Å². The number of benzene rings is 4. The Balaban J connectivity index is 1.38. The molecule has 2 aliphatic rings. The van der Waals surface area contributed by atoms with Crippen LogP contribution in [0.3, 0.4) is 0 Å². The largest absolute Gasteiger partial charge is 0.504 e. The Morgan fingerprint density at radius 1 is 0.712 bits per heavy atom. The molecule has 0 radical (unpaired) electrons. The van der Waals surface area contributed by atoms with Crippen molar-refractivity contribution in [2.24, 2.45) is 5.92 Å². The molecule has 4 heterocycles. The lowest BCUT2D eigenvalue weighted by atomic mass is 9.78. The number of Topliss-reactive ketones (excluding diaryl/α,β-unsaturated/α-hetero) is 2. The molecule has 0 saturated carbocycles. The molecule has 4 aromatic carbocycles. The smallest absolute Gasteiger partial charge is 0.340 e. The summed E-state index contributed by atoms with van der Waals surface area (Å²) in [6.45, 7) is 3.40. The van der Waals surface area contributed by atoms with E-state index in [-0.39, 0.29) is 72.6 Å². The van der Waals surface area contributed by atoms with Crippen molar-refractivity contribution >= 4 is 45.4 Å². The molecule has 18 heteroatoms. The van der Waals surface area contributed by atoms with E-state index in [4.69, 9.17) is 18.3 Å². The second-order valence-corrected chi connectivity index (χ2v) is 14.0. The van der Waals surface area contributed by atoms with Crippen LogP contribution in [0, 0.1) is 19.8 Å². The Morgan fingerprint density at radius 3 is 1.95 bits per heavy atom. The van der Waals surface area contributed by atoms with Crippen molar-refractivity contribution in [3.05, 3.63) is 101 Å². The first-order chi connectivity index (χ1) is 27.8. The van der Waals surface area contributed by atoms with Gasteiger partial charge in [-0.05, 0) is 50.5 Å². The summed E-state index contributed by atoms with van der Waals surface area (Å²) >= 11 is 0. The minimum Gasteiger partial charge on any atom is -0.504 e. The van der Waals surface area contributed by atoms with Gasteiger partial charge in [-0.1, -0.05) is 0 Å². The highest BCUT2D eigenvalue weighted by Gasteiger charge is 2.45. The number of rotatable bonds is 6. The van der Waals surface area contributed by atoms with E-state index in [1.54, 1.807) is 0 Å². The molecule has 0 spiro atoms. The number of fused-ring (bicyclic) bond motifs is 6. The van der Waals surface area contributed by atoms with Crippen LogP contribution in [0.2, 0.25) is 0 Å². The fourth-order valence-corrected chi connectivity index (χ4v) is 7.89. The molecule has 300 valence electrons. The Hall–Kier alpha value is -8.02. The summed E-state index contributed by atoms with van der Waals surface area (Å²) in [5, 5.41) is 81.5. The quantitative estimate of drug-likeness (QED) is 0.0617. The molecule has 0 bridgehead atoms. The Kier molecular flexibility index (Phi) is 8.36. The molecule has 0 saturated heterocycles. The first-order valence-corrected chi connectivity index (χ1v) is 17.4. The lowest BCUT2D eigenvalue weighted by molar-refractivity contribution is 0.0611. The predicted molar refractivity (Wildman–Crippen MR) is 199 cm³/mol. The normalized spacial score (nSPS) is 15.5. The van der Waals surface area contributed by atoms with Gasteiger partial charge in [-0.15, -0.1) is 0 Å². The number of hydrogen-bond donors (Lipinski definition) is 8. The minimum atomic E-state index is -1.83. The highest BCUT2D eigenvalue weighted by Crippen LogP contribution is 2.50. The fraction of sp³-hybridized carbons (Fsp3) is 0.171. The van der Waals surface area contributed by atoms with E-state index in [1.807, 2.05) is 0 Å². The van der Waals surface area contributed by atoms with Crippen molar-refractivity contribution in [3.63, 3.8) is 0 Å².